The van der Waals surface area contributed by atoms with Crippen molar-refractivity contribution in [1.82, 2.24) is 0 Å². The maximum absolute atomic E-state index is 10.5. The van der Waals surface area contributed by atoms with E-state index in [9.17, 15) is 5.11 Å². The van der Waals surface area contributed by atoms with Crippen LogP contribution in [-0.2, 0) is 5.11 Å². The van der Waals surface area contributed by atoms with Crippen LogP contribution in [0.25, 0.3) is 0 Å². The lowest BCUT2D eigenvalue weighted by Gasteiger charge is -2.12. The van der Waals surface area contributed by atoms with Gasteiger partial charge in [-0.2, -0.15) is 0 Å². The van der Waals surface area contributed by atoms with E-state index in [-0.39, 0.29) is 6.10 Å². The second-order valence-electron chi connectivity index (χ2n) is 2.07. The molecule has 2 radical (unpaired) electrons. The first-order chi connectivity index (χ1) is 3.39. The van der Waals surface area contributed by atoms with Gasteiger partial charge in [-0.05, 0) is 32.1 Å². The molecule has 0 N–H and O–H groups in total. The molecular weight excluding hydrogens is 88.1 g/mol. The minimum atomic E-state index is -0.245. The Hall–Kier alpha value is -0.0400. The van der Waals surface area contributed by atoms with Crippen molar-refractivity contribution in [1.29, 1.82) is 0 Å². The highest BCUT2D eigenvalue weighted by Crippen LogP contribution is 2.15. The van der Waals surface area contributed by atoms with Crippen molar-refractivity contribution in [2.75, 3.05) is 0 Å². The summed E-state index contributed by atoms with van der Waals surface area (Å²) >= 11 is 0. The molecule has 1 saturated carbocycles. The molecule has 0 unspecified atom stereocenters. The summed E-state index contributed by atoms with van der Waals surface area (Å²) in [6.45, 7) is 0. The maximum Gasteiger partial charge on any atom is 0.0930 e. The largest absolute Gasteiger partial charge is 0.233 e. The monoisotopic (exact) mass is 98.1 g/mol. The van der Waals surface area contributed by atoms with Crippen molar-refractivity contribution in [3.8, 4) is 0 Å². The summed E-state index contributed by atoms with van der Waals surface area (Å²) in [5, 5.41) is 10.5. The molecular formula is C6H10O. The fourth-order valence-electron chi connectivity index (χ4n) is 0.896. The van der Waals surface area contributed by atoms with Gasteiger partial charge in [-0.3, -0.25) is 0 Å². The smallest absolute Gasteiger partial charge is 0.0930 e. The van der Waals surface area contributed by atoms with Gasteiger partial charge in [0.15, 0.2) is 0 Å². The second-order valence-corrected chi connectivity index (χ2v) is 2.07. The van der Waals surface area contributed by atoms with Crippen LogP contribution in [0, 0.1) is 6.42 Å². The number of rotatable bonds is 0. The van der Waals surface area contributed by atoms with Crippen molar-refractivity contribution < 1.29 is 5.11 Å². The third-order valence-electron chi connectivity index (χ3n) is 1.39. The molecule has 40 valence electrons. The molecule has 7 heavy (non-hydrogen) atoms. The fourth-order valence-corrected chi connectivity index (χ4v) is 0.896. The molecule has 0 amide bonds. The Labute approximate surface area is 44.4 Å². The zero-order valence-electron chi connectivity index (χ0n) is 4.39. The van der Waals surface area contributed by atoms with Crippen molar-refractivity contribution in [2.45, 2.75) is 31.8 Å². The average molecular weight is 98.1 g/mol. The van der Waals surface area contributed by atoms with E-state index < -0.39 is 0 Å². The standard InChI is InChI=1S/C6H10O/c7-6-4-2-1-3-5-6/h1,6H,2-5H2. The Balaban J connectivity index is 2.12. The lowest BCUT2D eigenvalue weighted by molar-refractivity contribution is 0.0649. The highest BCUT2D eigenvalue weighted by Gasteiger charge is 2.09. The second kappa shape index (κ2) is 2.31. The molecule has 0 aromatic rings. The molecule has 0 aromatic heterocycles. The molecule has 1 heteroatoms. The molecule has 0 aliphatic heterocycles. The molecule has 0 spiro atoms. The minimum Gasteiger partial charge on any atom is -0.233 e. The van der Waals surface area contributed by atoms with Crippen LogP contribution in [0.4, 0.5) is 0 Å². The molecule has 0 aromatic carbocycles. The fraction of sp³-hybridized carbons (Fsp3) is 0.833. The van der Waals surface area contributed by atoms with Gasteiger partial charge >= 0.3 is 0 Å². The Bertz CT molecular complexity index is 46.1. The predicted octanol–water partition coefficient (Wildman–Crippen LogP) is 1.56. The first-order valence-corrected chi connectivity index (χ1v) is 2.87. The van der Waals surface area contributed by atoms with Crippen molar-refractivity contribution >= 4 is 0 Å². The van der Waals surface area contributed by atoms with Crippen LogP contribution in [-0.4, -0.2) is 6.10 Å². The quantitative estimate of drug-likeness (QED) is 0.438. The summed E-state index contributed by atoms with van der Waals surface area (Å²) in [6.07, 6.45) is 5.81. The molecule has 1 fully saturated rings. The molecule has 1 rings (SSSR count). The summed E-state index contributed by atoms with van der Waals surface area (Å²) in [6, 6.07) is 0. The van der Waals surface area contributed by atoms with Gasteiger partial charge in [-0.25, -0.2) is 5.11 Å². The van der Waals surface area contributed by atoms with E-state index >= 15 is 0 Å². The normalized spacial score (nSPS) is 25.3. The van der Waals surface area contributed by atoms with E-state index in [1.165, 1.54) is 0 Å². The van der Waals surface area contributed by atoms with E-state index in [2.05, 4.69) is 6.42 Å². The molecule has 0 atom stereocenters. The lowest BCUT2D eigenvalue weighted by atomic mass is 9.98. The highest BCUT2D eigenvalue weighted by molar-refractivity contribution is 4.75. The van der Waals surface area contributed by atoms with Crippen molar-refractivity contribution in [2.24, 2.45) is 0 Å². The van der Waals surface area contributed by atoms with Gasteiger partial charge in [-0.15, -0.1) is 0 Å². The number of hydrogen-bond donors (Lipinski definition) is 0. The first-order valence-electron chi connectivity index (χ1n) is 2.87. The zero-order valence-corrected chi connectivity index (χ0v) is 4.39. The van der Waals surface area contributed by atoms with E-state index in [0.29, 0.717) is 0 Å². The third kappa shape index (κ3) is 1.48. The van der Waals surface area contributed by atoms with Crippen LogP contribution in [0.15, 0.2) is 0 Å². The predicted molar refractivity (Wildman–Crippen MR) is 27.2 cm³/mol. The van der Waals surface area contributed by atoms with Gasteiger partial charge in [0.2, 0.25) is 0 Å². The van der Waals surface area contributed by atoms with Gasteiger partial charge in [0.05, 0.1) is 6.10 Å². The Morgan fingerprint density at radius 3 is 2.14 bits per heavy atom. The van der Waals surface area contributed by atoms with Gasteiger partial charge in [-0.1, -0.05) is 0 Å². The van der Waals surface area contributed by atoms with Crippen LogP contribution in [0.3, 0.4) is 0 Å². The topological polar surface area (TPSA) is 19.9 Å². The van der Waals surface area contributed by atoms with Gasteiger partial charge in [0.1, 0.15) is 0 Å². The Morgan fingerprint density at radius 2 is 1.86 bits per heavy atom. The molecule has 0 saturated heterocycles. The van der Waals surface area contributed by atoms with E-state index in [4.69, 9.17) is 0 Å². The molecule has 1 nitrogen and oxygen atoms in total. The van der Waals surface area contributed by atoms with Crippen molar-refractivity contribution in [3.63, 3.8) is 0 Å². The average Bonchev–Trinajstić information content (AvgIpc) is 1.69. The van der Waals surface area contributed by atoms with E-state index in [1.807, 2.05) is 0 Å². The van der Waals surface area contributed by atoms with Crippen LogP contribution >= 0.6 is 0 Å². The zero-order chi connectivity index (χ0) is 5.11. The Morgan fingerprint density at radius 1 is 1.29 bits per heavy atom. The molecule has 0 heterocycles. The first kappa shape index (κ1) is 5.10. The molecule has 1 aliphatic carbocycles. The van der Waals surface area contributed by atoms with Gasteiger partial charge in [0, 0.05) is 0 Å². The lowest BCUT2D eigenvalue weighted by Crippen LogP contribution is -2.08. The van der Waals surface area contributed by atoms with Crippen LogP contribution < -0.4 is 0 Å². The number of hydrogen-bond acceptors (Lipinski definition) is 0. The summed E-state index contributed by atoms with van der Waals surface area (Å²) in [7, 11) is 0. The summed E-state index contributed by atoms with van der Waals surface area (Å²) < 4.78 is 0. The molecule has 1 aliphatic rings. The van der Waals surface area contributed by atoms with Crippen molar-refractivity contribution in [3.05, 3.63) is 6.42 Å². The van der Waals surface area contributed by atoms with Crippen LogP contribution in [0.5, 0.6) is 0 Å². The maximum atomic E-state index is 10.5. The SMILES string of the molecule is [O]C1CC[CH]CC1. The highest BCUT2D eigenvalue weighted by atomic mass is 16.3. The van der Waals surface area contributed by atoms with E-state index in [1.54, 1.807) is 0 Å². The summed E-state index contributed by atoms with van der Waals surface area (Å²) in [5.41, 5.74) is 0. The van der Waals surface area contributed by atoms with Gasteiger partial charge < -0.3 is 0 Å². The van der Waals surface area contributed by atoms with Crippen LogP contribution in [0.2, 0.25) is 0 Å². The third-order valence-corrected chi connectivity index (χ3v) is 1.39. The molecule has 0 bridgehead atoms. The summed E-state index contributed by atoms with van der Waals surface area (Å²) in [5.74, 6) is 0. The Kier molecular flexibility index (Phi) is 1.69. The van der Waals surface area contributed by atoms with Gasteiger partial charge in [0.25, 0.3) is 0 Å². The van der Waals surface area contributed by atoms with Crippen LogP contribution in [0.1, 0.15) is 25.7 Å². The minimum absolute atomic E-state index is 0.245. The summed E-state index contributed by atoms with van der Waals surface area (Å²) in [4.78, 5) is 0. The van der Waals surface area contributed by atoms with E-state index in [0.717, 1.165) is 25.7 Å².